The maximum Gasteiger partial charge on any atom is 0.347 e. The summed E-state index contributed by atoms with van der Waals surface area (Å²) in [5.74, 6) is -0.618. The van der Waals surface area contributed by atoms with E-state index in [1.165, 1.54) is 5.38 Å². The number of thiophene rings is 1. The molecule has 0 unspecified atom stereocenters. The maximum atomic E-state index is 12.6. The summed E-state index contributed by atoms with van der Waals surface area (Å²) < 4.78 is 29.3. The van der Waals surface area contributed by atoms with E-state index in [2.05, 4.69) is 14.9 Å². The van der Waals surface area contributed by atoms with Crippen LogP contribution in [0.3, 0.4) is 0 Å². The van der Waals surface area contributed by atoms with E-state index in [0.29, 0.717) is 17.1 Å². The fourth-order valence-electron chi connectivity index (χ4n) is 2.35. The molecule has 10 heteroatoms. The first-order chi connectivity index (χ1) is 11.8. The highest BCUT2D eigenvalue weighted by Crippen LogP contribution is 2.29. The molecule has 0 aliphatic carbocycles. The zero-order chi connectivity index (χ0) is 18.2. The Labute approximate surface area is 147 Å². The summed E-state index contributed by atoms with van der Waals surface area (Å²) in [5, 5.41) is 18.5. The van der Waals surface area contributed by atoms with Crippen LogP contribution < -0.4 is 4.72 Å². The van der Waals surface area contributed by atoms with Gasteiger partial charge >= 0.3 is 5.97 Å². The van der Waals surface area contributed by atoms with Crippen LogP contribution in [0.2, 0.25) is 0 Å². The van der Waals surface area contributed by atoms with E-state index >= 15 is 0 Å². The lowest BCUT2D eigenvalue weighted by Crippen LogP contribution is -2.16. The van der Waals surface area contributed by atoms with Gasteiger partial charge in [-0.25, -0.2) is 13.2 Å². The monoisotopic (exact) mass is 378 g/mol. The van der Waals surface area contributed by atoms with E-state index in [-0.39, 0.29) is 9.77 Å². The molecule has 0 fully saturated rings. The molecule has 0 atom stereocenters. The standard InChI is InChI=1S/C15H14N4O4S2/c1-9-7-24-12(15(20)21)13(9)25(22,23)18-11-5-3-10(4-6-11)14-17-16-8-19(14)2/h3-8,18H,1-2H3,(H,20,21). The number of benzene rings is 1. The molecule has 0 radical (unpaired) electrons. The molecule has 0 amide bonds. The number of rotatable bonds is 5. The van der Waals surface area contributed by atoms with E-state index in [9.17, 15) is 18.3 Å². The van der Waals surface area contributed by atoms with Gasteiger partial charge in [0, 0.05) is 18.3 Å². The van der Waals surface area contributed by atoms with Gasteiger partial charge in [0.15, 0.2) is 5.82 Å². The van der Waals surface area contributed by atoms with Crippen molar-refractivity contribution in [1.82, 2.24) is 14.8 Å². The zero-order valence-electron chi connectivity index (χ0n) is 13.3. The Morgan fingerprint density at radius 3 is 2.52 bits per heavy atom. The summed E-state index contributed by atoms with van der Waals surface area (Å²) in [7, 11) is -2.20. The zero-order valence-corrected chi connectivity index (χ0v) is 14.9. The van der Waals surface area contributed by atoms with Crippen molar-refractivity contribution >= 4 is 33.0 Å². The van der Waals surface area contributed by atoms with Crippen molar-refractivity contribution in [2.75, 3.05) is 4.72 Å². The number of aromatic carboxylic acids is 1. The number of hydrogen-bond acceptors (Lipinski definition) is 6. The highest BCUT2D eigenvalue weighted by atomic mass is 32.2. The second-order valence-electron chi connectivity index (χ2n) is 5.33. The van der Waals surface area contributed by atoms with E-state index < -0.39 is 16.0 Å². The van der Waals surface area contributed by atoms with Gasteiger partial charge in [-0.05, 0) is 42.1 Å². The maximum absolute atomic E-state index is 12.6. The quantitative estimate of drug-likeness (QED) is 0.704. The number of carboxylic acids is 1. The van der Waals surface area contributed by atoms with Crippen molar-refractivity contribution in [3.63, 3.8) is 0 Å². The van der Waals surface area contributed by atoms with Crippen molar-refractivity contribution in [3.8, 4) is 11.4 Å². The van der Waals surface area contributed by atoms with Crippen LogP contribution in [0.4, 0.5) is 5.69 Å². The molecule has 3 rings (SSSR count). The van der Waals surface area contributed by atoms with Crippen LogP contribution in [0.1, 0.15) is 15.2 Å². The van der Waals surface area contributed by atoms with E-state index in [0.717, 1.165) is 16.9 Å². The minimum absolute atomic E-state index is 0.206. The Bertz CT molecular complexity index is 1040. The molecule has 3 aromatic rings. The summed E-state index contributed by atoms with van der Waals surface area (Å²) in [4.78, 5) is 10.8. The molecule has 2 N–H and O–H groups in total. The predicted octanol–water partition coefficient (Wildman–Crippen LogP) is 2.35. The fraction of sp³-hybridized carbons (Fsp3) is 0.133. The van der Waals surface area contributed by atoms with E-state index in [1.807, 2.05) is 0 Å². The first kappa shape index (κ1) is 17.1. The van der Waals surface area contributed by atoms with Crippen LogP contribution in [0, 0.1) is 6.92 Å². The van der Waals surface area contributed by atoms with Crippen LogP contribution in [0.15, 0.2) is 40.9 Å². The average molecular weight is 378 g/mol. The second kappa shape index (κ2) is 6.30. The number of sulfonamides is 1. The summed E-state index contributed by atoms with van der Waals surface area (Å²) in [6.45, 7) is 1.56. The van der Waals surface area contributed by atoms with Crippen molar-refractivity contribution in [2.24, 2.45) is 7.05 Å². The van der Waals surface area contributed by atoms with E-state index in [1.54, 1.807) is 49.1 Å². The molecular formula is C15H14N4O4S2. The van der Waals surface area contributed by atoms with Crippen molar-refractivity contribution in [3.05, 3.63) is 46.4 Å². The van der Waals surface area contributed by atoms with Gasteiger partial charge in [-0.15, -0.1) is 21.5 Å². The molecule has 130 valence electrons. The van der Waals surface area contributed by atoms with Gasteiger partial charge in [0.05, 0.1) is 0 Å². The molecule has 0 aliphatic heterocycles. The summed E-state index contributed by atoms with van der Waals surface area (Å²) in [6.07, 6.45) is 1.57. The molecule has 0 spiro atoms. The number of hydrogen-bond donors (Lipinski definition) is 2. The Morgan fingerprint density at radius 1 is 1.28 bits per heavy atom. The van der Waals surface area contributed by atoms with Crippen LogP contribution >= 0.6 is 11.3 Å². The predicted molar refractivity (Wildman–Crippen MR) is 93.3 cm³/mol. The number of aromatic nitrogens is 3. The van der Waals surface area contributed by atoms with Crippen LogP contribution in [-0.4, -0.2) is 34.3 Å². The lowest BCUT2D eigenvalue weighted by Gasteiger charge is -2.09. The molecule has 1 aromatic carbocycles. The van der Waals surface area contributed by atoms with E-state index in [4.69, 9.17) is 0 Å². The molecule has 2 heterocycles. The van der Waals surface area contributed by atoms with Crippen LogP contribution in [0.25, 0.3) is 11.4 Å². The lowest BCUT2D eigenvalue weighted by atomic mass is 10.2. The lowest BCUT2D eigenvalue weighted by molar-refractivity contribution is 0.0698. The van der Waals surface area contributed by atoms with Crippen molar-refractivity contribution in [1.29, 1.82) is 0 Å². The SMILES string of the molecule is Cc1csc(C(=O)O)c1S(=O)(=O)Nc1ccc(-c2nncn2C)cc1. The molecule has 0 saturated heterocycles. The number of carbonyl (C=O) groups is 1. The number of carboxylic acid groups (broad SMARTS) is 1. The highest BCUT2D eigenvalue weighted by molar-refractivity contribution is 7.93. The van der Waals surface area contributed by atoms with Gasteiger partial charge < -0.3 is 9.67 Å². The normalized spacial score (nSPS) is 11.4. The molecule has 25 heavy (non-hydrogen) atoms. The number of nitrogens with one attached hydrogen (secondary N) is 1. The van der Waals surface area contributed by atoms with Gasteiger partial charge in [-0.3, -0.25) is 4.72 Å². The second-order valence-corrected chi connectivity index (χ2v) is 7.83. The minimum Gasteiger partial charge on any atom is -0.477 e. The first-order valence-electron chi connectivity index (χ1n) is 7.08. The van der Waals surface area contributed by atoms with Gasteiger partial charge in [-0.2, -0.15) is 0 Å². The van der Waals surface area contributed by atoms with Gasteiger partial charge in [0.2, 0.25) is 0 Å². The topological polar surface area (TPSA) is 114 Å². The third kappa shape index (κ3) is 3.26. The van der Waals surface area contributed by atoms with Gasteiger partial charge in [0.1, 0.15) is 16.1 Å². The van der Waals surface area contributed by atoms with Crippen molar-refractivity contribution < 1.29 is 18.3 Å². The smallest absolute Gasteiger partial charge is 0.347 e. The molecule has 0 aliphatic rings. The molecule has 2 aromatic heterocycles. The Balaban J connectivity index is 1.91. The molecule has 8 nitrogen and oxygen atoms in total. The molecular weight excluding hydrogens is 364 g/mol. The summed E-state index contributed by atoms with van der Waals surface area (Å²) >= 11 is 0.887. The number of anilines is 1. The fourth-order valence-corrected chi connectivity index (χ4v) is 5.05. The van der Waals surface area contributed by atoms with Gasteiger partial charge in [0.25, 0.3) is 10.0 Å². The Hall–Kier alpha value is -2.72. The Morgan fingerprint density at radius 2 is 1.96 bits per heavy atom. The number of nitrogens with zero attached hydrogens (tertiary/aromatic N) is 3. The summed E-state index contributed by atoms with van der Waals surface area (Å²) in [6, 6.07) is 6.59. The summed E-state index contributed by atoms with van der Waals surface area (Å²) in [5.41, 5.74) is 1.50. The minimum atomic E-state index is -4.00. The third-order valence-corrected chi connectivity index (χ3v) is 6.27. The molecule has 0 bridgehead atoms. The Kier molecular flexibility index (Phi) is 4.31. The van der Waals surface area contributed by atoms with Crippen molar-refractivity contribution in [2.45, 2.75) is 11.8 Å². The average Bonchev–Trinajstić information content (AvgIpc) is 3.14. The van der Waals surface area contributed by atoms with Gasteiger partial charge in [-0.1, -0.05) is 0 Å². The number of aryl methyl sites for hydroxylation is 2. The molecule has 0 saturated carbocycles. The third-order valence-electron chi connectivity index (χ3n) is 3.49. The highest BCUT2D eigenvalue weighted by Gasteiger charge is 2.26. The largest absolute Gasteiger partial charge is 0.477 e. The van der Waals surface area contributed by atoms with Crippen LogP contribution in [-0.2, 0) is 17.1 Å². The van der Waals surface area contributed by atoms with Crippen LogP contribution in [0.5, 0.6) is 0 Å². The first-order valence-corrected chi connectivity index (χ1v) is 9.44.